The first kappa shape index (κ1) is 18.8. The summed E-state index contributed by atoms with van der Waals surface area (Å²) < 4.78 is 7.18. The van der Waals surface area contributed by atoms with E-state index in [0.29, 0.717) is 17.3 Å². The number of thiocarbonyl (C=S) groups is 1. The van der Waals surface area contributed by atoms with Gasteiger partial charge in [0.15, 0.2) is 5.69 Å². The fraction of sp³-hybridized carbons (Fsp3) is 0.500. The Balaban J connectivity index is 1.66. The van der Waals surface area contributed by atoms with Crippen LogP contribution in [-0.4, -0.2) is 54.2 Å². The van der Waals surface area contributed by atoms with Crippen LogP contribution in [0, 0.1) is 6.92 Å². The molecule has 1 saturated heterocycles. The predicted molar refractivity (Wildman–Crippen MR) is 106 cm³/mol. The molecule has 0 radical (unpaired) electrons. The maximum Gasteiger partial charge on any atom is 0.220 e. The van der Waals surface area contributed by atoms with Gasteiger partial charge in [-0.25, -0.2) is 0 Å². The van der Waals surface area contributed by atoms with Gasteiger partial charge < -0.3 is 24.6 Å². The average Bonchev–Trinajstić information content (AvgIpc) is 2.91. The summed E-state index contributed by atoms with van der Waals surface area (Å²) in [5.41, 5.74) is 2.52. The molecule has 2 aromatic rings. The first-order chi connectivity index (χ1) is 12.6. The lowest BCUT2D eigenvalue weighted by molar-refractivity contribution is -0.906. The Bertz CT molecular complexity index is 812. The van der Waals surface area contributed by atoms with Crippen LogP contribution in [-0.2, 0) is 11.3 Å². The van der Waals surface area contributed by atoms with Crippen molar-refractivity contribution in [3.8, 4) is 5.88 Å². The third-order valence-electron chi connectivity index (χ3n) is 4.68. The number of aromatic hydroxyl groups is 1. The van der Waals surface area contributed by atoms with Gasteiger partial charge in [-0.15, -0.1) is 10.2 Å². The molecule has 3 rings (SSSR count). The second kappa shape index (κ2) is 8.57. The highest BCUT2D eigenvalue weighted by Gasteiger charge is 2.16. The molecule has 0 amide bonds. The number of azo groups is 1. The van der Waals surface area contributed by atoms with Crippen molar-refractivity contribution in [3.05, 3.63) is 23.8 Å². The number of hydrogen-bond acceptors (Lipinski definition) is 4. The summed E-state index contributed by atoms with van der Waals surface area (Å²) in [5, 5.41) is 23.2. The molecule has 1 aliphatic rings. The van der Waals surface area contributed by atoms with Crippen LogP contribution in [0.2, 0.25) is 0 Å². The minimum Gasteiger partial charge on any atom is -0.493 e. The predicted octanol–water partition coefficient (Wildman–Crippen LogP) is 1.55. The lowest BCUT2D eigenvalue weighted by Gasteiger charge is -2.23. The van der Waals surface area contributed by atoms with E-state index in [2.05, 4.69) is 15.5 Å². The Morgan fingerprint density at radius 3 is 2.88 bits per heavy atom. The van der Waals surface area contributed by atoms with Crippen molar-refractivity contribution < 1.29 is 14.7 Å². The Labute approximate surface area is 158 Å². The third-order valence-corrected chi connectivity index (χ3v) is 4.90. The maximum atomic E-state index is 10.5. The van der Waals surface area contributed by atoms with Gasteiger partial charge in [-0.3, -0.25) is 0 Å². The van der Waals surface area contributed by atoms with Crippen molar-refractivity contribution in [2.75, 3.05) is 39.4 Å². The van der Waals surface area contributed by atoms with Crippen molar-refractivity contribution in [2.45, 2.75) is 20.4 Å². The van der Waals surface area contributed by atoms with Crippen LogP contribution in [0.4, 0.5) is 5.69 Å². The molecule has 1 fully saturated rings. The maximum absolute atomic E-state index is 10.5. The van der Waals surface area contributed by atoms with Gasteiger partial charge in [0.25, 0.3) is 0 Å². The summed E-state index contributed by atoms with van der Waals surface area (Å²) in [6.07, 6.45) is 0. The van der Waals surface area contributed by atoms with E-state index in [1.54, 1.807) is 0 Å². The molecule has 0 atom stereocenters. The van der Waals surface area contributed by atoms with Gasteiger partial charge in [0.2, 0.25) is 11.0 Å². The molecule has 3 N–H and O–H groups in total. The standard InChI is InChI=1S/C18H25N5O2S/c1-3-23-15-5-4-13(2)12-14(15)16(17(23)24)20-21-18(26)19-6-7-22-8-10-25-11-9-22/h4-5,12,24H,3,6-11H2,1-2H3,(H,19,26)/p+1. The number of benzene rings is 1. The third kappa shape index (κ3) is 4.20. The van der Waals surface area contributed by atoms with Gasteiger partial charge in [-0.1, -0.05) is 11.6 Å². The van der Waals surface area contributed by atoms with Crippen molar-refractivity contribution >= 4 is 33.9 Å². The van der Waals surface area contributed by atoms with Crippen LogP contribution in [0.5, 0.6) is 5.88 Å². The van der Waals surface area contributed by atoms with Crippen molar-refractivity contribution in [3.63, 3.8) is 0 Å². The highest BCUT2D eigenvalue weighted by molar-refractivity contribution is 7.80. The van der Waals surface area contributed by atoms with Crippen molar-refractivity contribution in [2.24, 2.45) is 10.2 Å². The molecule has 140 valence electrons. The molecule has 0 unspecified atom stereocenters. The van der Waals surface area contributed by atoms with Gasteiger partial charge in [-0.2, -0.15) is 0 Å². The summed E-state index contributed by atoms with van der Waals surface area (Å²) in [5.74, 6) is 0.123. The van der Waals surface area contributed by atoms with E-state index in [9.17, 15) is 5.11 Å². The summed E-state index contributed by atoms with van der Waals surface area (Å²) in [4.78, 5) is 1.50. The first-order valence-corrected chi connectivity index (χ1v) is 9.43. The number of hydrogen-bond donors (Lipinski definition) is 3. The van der Waals surface area contributed by atoms with Gasteiger partial charge in [0, 0.05) is 11.9 Å². The molecule has 26 heavy (non-hydrogen) atoms. The number of morpholine rings is 1. The normalized spacial score (nSPS) is 15.8. The molecular weight excluding hydrogens is 350 g/mol. The zero-order chi connectivity index (χ0) is 18.5. The fourth-order valence-electron chi connectivity index (χ4n) is 3.24. The molecule has 7 nitrogen and oxygen atoms in total. The van der Waals surface area contributed by atoms with E-state index in [1.165, 1.54) is 4.90 Å². The lowest BCUT2D eigenvalue weighted by Crippen LogP contribution is -3.14. The second-order valence-electron chi connectivity index (χ2n) is 6.48. The van der Waals surface area contributed by atoms with Gasteiger partial charge in [0.1, 0.15) is 13.1 Å². The molecule has 1 aliphatic heterocycles. The van der Waals surface area contributed by atoms with Crippen LogP contribution < -0.4 is 10.2 Å². The highest BCUT2D eigenvalue weighted by atomic mass is 32.1. The molecule has 8 heteroatoms. The summed E-state index contributed by atoms with van der Waals surface area (Å²) in [7, 11) is 0. The van der Waals surface area contributed by atoms with Gasteiger partial charge in [-0.05, 0) is 38.2 Å². The molecule has 1 aromatic carbocycles. The van der Waals surface area contributed by atoms with Gasteiger partial charge >= 0.3 is 0 Å². The molecule has 1 aromatic heterocycles. The van der Waals surface area contributed by atoms with Crippen molar-refractivity contribution in [1.82, 2.24) is 9.88 Å². The number of rotatable bonds is 5. The molecule has 0 spiro atoms. The summed E-state index contributed by atoms with van der Waals surface area (Å²) in [6.45, 7) is 10.1. The minimum absolute atomic E-state index is 0.123. The number of aryl methyl sites for hydroxylation is 2. The average molecular weight is 377 g/mol. The molecule has 0 saturated carbocycles. The van der Waals surface area contributed by atoms with E-state index in [4.69, 9.17) is 17.0 Å². The second-order valence-corrected chi connectivity index (χ2v) is 6.87. The first-order valence-electron chi connectivity index (χ1n) is 9.03. The van der Waals surface area contributed by atoms with Crippen LogP contribution >= 0.6 is 12.2 Å². The highest BCUT2D eigenvalue weighted by Crippen LogP contribution is 2.39. The van der Waals surface area contributed by atoms with Crippen LogP contribution in [0.3, 0.4) is 0 Å². The number of nitrogens with one attached hydrogen (secondary N) is 2. The lowest BCUT2D eigenvalue weighted by atomic mass is 10.1. The quantitative estimate of drug-likeness (QED) is 0.547. The smallest absolute Gasteiger partial charge is 0.220 e. The number of fused-ring (bicyclic) bond motifs is 1. The van der Waals surface area contributed by atoms with E-state index in [1.807, 2.05) is 36.6 Å². The van der Waals surface area contributed by atoms with Crippen LogP contribution in [0.25, 0.3) is 10.9 Å². The number of aromatic nitrogens is 1. The number of ether oxygens (including phenoxy) is 1. The molecule has 2 heterocycles. The number of quaternary nitrogens is 1. The number of nitrogens with zero attached hydrogens (tertiary/aromatic N) is 3. The van der Waals surface area contributed by atoms with Crippen LogP contribution in [0.15, 0.2) is 28.4 Å². The Kier molecular flexibility index (Phi) is 6.18. The Hall–Kier alpha value is -2.03. The molecular formula is C18H26N5O2S+. The van der Waals surface area contributed by atoms with Crippen LogP contribution in [0.1, 0.15) is 12.5 Å². The SMILES string of the molecule is CCn1c(O)c(N=NC(=S)NCC[NH+]2CCOCC2)c2cc(C)ccc21. The van der Waals surface area contributed by atoms with Gasteiger partial charge in [0.05, 0.1) is 31.8 Å². The largest absolute Gasteiger partial charge is 0.493 e. The van der Waals surface area contributed by atoms with E-state index in [0.717, 1.165) is 55.9 Å². The molecule has 0 aliphatic carbocycles. The minimum atomic E-state index is 0.123. The fourth-order valence-corrected chi connectivity index (χ4v) is 3.39. The van der Waals surface area contributed by atoms with E-state index in [-0.39, 0.29) is 5.88 Å². The zero-order valence-electron chi connectivity index (χ0n) is 15.3. The van der Waals surface area contributed by atoms with E-state index < -0.39 is 0 Å². The monoisotopic (exact) mass is 376 g/mol. The summed E-state index contributed by atoms with van der Waals surface area (Å²) >= 11 is 5.25. The Morgan fingerprint density at radius 1 is 1.38 bits per heavy atom. The summed E-state index contributed by atoms with van der Waals surface area (Å²) in [6, 6.07) is 6.03. The van der Waals surface area contributed by atoms with Crippen molar-refractivity contribution in [1.29, 1.82) is 0 Å². The zero-order valence-corrected chi connectivity index (χ0v) is 16.1. The Morgan fingerprint density at radius 2 is 2.15 bits per heavy atom. The topological polar surface area (TPSA) is 75.6 Å². The van der Waals surface area contributed by atoms with E-state index >= 15 is 0 Å². The molecule has 0 bridgehead atoms.